The number of amides is 1. The molecule has 1 aromatic carbocycles. The Bertz CT molecular complexity index is 649. The predicted molar refractivity (Wildman–Crippen MR) is 100 cm³/mol. The zero-order valence-electron chi connectivity index (χ0n) is 13.3. The van der Waals surface area contributed by atoms with Gasteiger partial charge in [-0.05, 0) is 48.1 Å². The fourth-order valence-corrected chi connectivity index (χ4v) is 4.45. The number of nitrogens with two attached hydrogens (primary N) is 1. The zero-order valence-corrected chi connectivity index (χ0v) is 15.0. The molecule has 0 spiro atoms. The van der Waals surface area contributed by atoms with Crippen molar-refractivity contribution in [2.24, 2.45) is 5.73 Å². The van der Waals surface area contributed by atoms with Gasteiger partial charge in [-0.3, -0.25) is 4.79 Å². The van der Waals surface area contributed by atoms with Crippen LogP contribution in [-0.4, -0.2) is 18.0 Å². The van der Waals surface area contributed by atoms with Crippen molar-refractivity contribution in [2.75, 3.05) is 6.54 Å². The number of carbonyl (C=O) groups is 1. The molecule has 3 rings (SSSR count). The highest BCUT2D eigenvalue weighted by Crippen LogP contribution is 2.29. The molecule has 0 radical (unpaired) electrons. The quantitative estimate of drug-likeness (QED) is 0.824. The average molecular weight is 353 g/mol. The maximum absolute atomic E-state index is 12.2. The van der Waals surface area contributed by atoms with Crippen LogP contribution in [0.5, 0.6) is 0 Å². The predicted octanol–water partition coefficient (Wildman–Crippen LogP) is 4.03. The minimum absolute atomic E-state index is 0. The molecule has 0 atom stereocenters. The maximum atomic E-state index is 12.2. The van der Waals surface area contributed by atoms with Crippen molar-refractivity contribution in [1.29, 1.82) is 0 Å². The van der Waals surface area contributed by atoms with Gasteiger partial charge in [0.1, 0.15) is 0 Å². The van der Waals surface area contributed by atoms with Crippen LogP contribution in [0.1, 0.15) is 44.1 Å². The van der Waals surface area contributed by atoms with Crippen LogP contribution in [0.3, 0.4) is 0 Å². The molecule has 2 aromatic rings. The van der Waals surface area contributed by atoms with Gasteiger partial charge in [0.2, 0.25) is 5.91 Å². The maximum Gasteiger partial charge on any atom is 0.220 e. The van der Waals surface area contributed by atoms with E-state index in [0.29, 0.717) is 13.0 Å². The minimum atomic E-state index is -0.119. The van der Waals surface area contributed by atoms with Crippen molar-refractivity contribution in [3.63, 3.8) is 0 Å². The standard InChI is InChI=1S/C18H24N2OS.ClH/c19-13-18(10-3-4-11-18)20-17(21)9-5-6-14-12-22-16-8-2-1-7-15(14)16;/h1-2,7-8,12H,3-6,9-11,13,19H2,(H,20,21);1H. The molecule has 126 valence electrons. The number of halogens is 1. The summed E-state index contributed by atoms with van der Waals surface area (Å²) in [5, 5.41) is 6.76. The first-order valence-corrected chi connectivity index (χ1v) is 9.07. The Labute approximate surface area is 148 Å². The highest BCUT2D eigenvalue weighted by molar-refractivity contribution is 7.17. The normalized spacial score (nSPS) is 16.2. The summed E-state index contributed by atoms with van der Waals surface area (Å²) in [7, 11) is 0. The summed E-state index contributed by atoms with van der Waals surface area (Å²) in [5.74, 6) is 0.159. The lowest BCUT2D eigenvalue weighted by Gasteiger charge is -2.28. The van der Waals surface area contributed by atoms with Crippen molar-refractivity contribution in [2.45, 2.75) is 50.5 Å². The molecule has 1 fully saturated rings. The fourth-order valence-electron chi connectivity index (χ4n) is 3.46. The van der Waals surface area contributed by atoms with E-state index in [1.807, 2.05) is 0 Å². The monoisotopic (exact) mass is 352 g/mol. The SMILES string of the molecule is Cl.NCC1(NC(=O)CCCc2csc3ccccc23)CCCC1. The van der Waals surface area contributed by atoms with Crippen molar-refractivity contribution < 1.29 is 4.79 Å². The van der Waals surface area contributed by atoms with E-state index in [1.165, 1.54) is 28.5 Å². The molecule has 0 unspecified atom stereocenters. The Hall–Kier alpha value is -1.10. The van der Waals surface area contributed by atoms with Crippen LogP contribution in [0.4, 0.5) is 0 Å². The van der Waals surface area contributed by atoms with Crippen molar-refractivity contribution in [3.05, 3.63) is 35.2 Å². The third kappa shape index (κ3) is 4.25. The number of rotatable bonds is 6. The molecule has 1 heterocycles. The van der Waals surface area contributed by atoms with Crippen LogP contribution in [0, 0.1) is 0 Å². The van der Waals surface area contributed by atoms with E-state index in [-0.39, 0.29) is 23.9 Å². The van der Waals surface area contributed by atoms with Crippen LogP contribution in [0.2, 0.25) is 0 Å². The highest BCUT2D eigenvalue weighted by atomic mass is 35.5. The average Bonchev–Trinajstić information content (AvgIpc) is 3.15. The zero-order chi connectivity index (χ0) is 15.4. The van der Waals surface area contributed by atoms with Gasteiger partial charge in [0, 0.05) is 17.7 Å². The van der Waals surface area contributed by atoms with Crippen LogP contribution in [0.15, 0.2) is 29.6 Å². The van der Waals surface area contributed by atoms with E-state index in [1.54, 1.807) is 11.3 Å². The van der Waals surface area contributed by atoms with Gasteiger partial charge in [0.15, 0.2) is 0 Å². The number of carbonyl (C=O) groups excluding carboxylic acids is 1. The van der Waals surface area contributed by atoms with E-state index in [0.717, 1.165) is 25.7 Å². The van der Waals surface area contributed by atoms with Crippen LogP contribution < -0.4 is 11.1 Å². The largest absolute Gasteiger partial charge is 0.349 e. The number of nitrogens with one attached hydrogen (secondary N) is 1. The summed E-state index contributed by atoms with van der Waals surface area (Å²) in [6, 6.07) is 8.48. The van der Waals surface area contributed by atoms with Gasteiger partial charge in [0.05, 0.1) is 5.54 Å². The summed E-state index contributed by atoms with van der Waals surface area (Å²) in [6.45, 7) is 0.563. The van der Waals surface area contributed by atoms with Crippen molar-refractivity contribution in [3.8, 4) is 0 Å². The van der Waals surface area contributed by atoms with E-state index in [2.05, 4.69) is 35.0 Å². The van der Waals surface area contributed by atoms with Crippen molar-refractivity contribution >= 4 is 39.7 Å². The van der Waals surface area contributed by atoms with Crippen LogP contribution in [-0.2, 0) is 11.2 Å². The Morgan fingerprint density at radius 3 is 2.74 bits per heavy atom. The highest BCUT2D eigenvalue weighted by Gasteiger charge is 2.33. The second-order valence-corrected chi connectivity index (χ2v) is 7.26. The summed E-state index contributed by atoms with van der Waals surface area (Å²) >= 11 is 1.78. The molecular weight excluding hydrogens is 328 g/mol. The van der Waals surface area contributed by atoms with Gasteiger partial charge in [-0.1, -0.05) is 31.0 Å². The van der Waals surface area contributed by atoms with Crippen LogP contribution >= 0.6 is 23.7 Å². The second kappa shape index (κ2) is 8.13. The smallest absolute Gasteiger partial charge is 0.220 e. The molecule has 3 N–H and O–H groups in total. The summed E-state index contributed by atoms with van der Waals surface area (Å²) in [6.07, 6.45) is 6.87. The molecule has 1 aliphatic rings. The van der Waals surface area contributed by atoms with E-state index in [9.17, 15) is 4.79 Å². The fraction of sp³-hybridized carbons (Fsp3) is 0.500. The second-order valence-electron chi connectivity index (χ2n) is 6.35. The summed E-state index contributed by atoms with van der Waals surface area (Å²) in [4.78, 5) is 12.2. The Morgan fingerprint density at radius 2 is 2.00 bits per heavy atom. The van der Waals surface area contributed by atoms with Gasteiger partial charge in [-0.2, -0.15) is 0 Å². The first-order valence-electron chi connectivity index (χ1n) is 8.19. The van der Waals surface area contributed by atoms with Gasteiger partial charge in [-0.15, -0.1) is 23.7 Å². The minimum Gasteiger partial charge on any atom is -0.349 e. The van der Waals surface area contributed by atoms with Gasteiger partial charge >= 0.3 is 0 Å². The molecule has 1 aromatic heterocycles. The lowest BCUT2D eigenvalue weighted by molar-refractivity contribution is -0.123. The van der Waals surface area contributed by atoms with Gasteiger partial charge in [-0.25, -0.2) is 0 Å². The Kier molecular flexibility index (Phi) is 6.45. The lowest BCUT2D eigenvalue weighted by atomic mass is 9.97. The number of fused-ring (bicyclic) bond motifs is 1. The topological polar surface area (TPSA) is 55.1 Å². The first-order chi connectivity index (χ1) is 10.7. The molecule has 1 aliphatic carbocycles. The molecule has 5 heteroatoms. The first kappa shape index (κ1) is 18.2. The Morgan fingerprint density at radius 1 is 1.26 bits per heavy atom. The van der Waals surface area contributed by atoms with Gasteiger partial charge < -0.3 is 11.1 Å². The Balaban J connectivity index is 0.00000192. The summed E-state index contributed by atoms with van der Waals surface area (Å²) in [5.41, 5.74) is 7.12. The van der Waals surface area contributed by atoms with Gasteiger partial charge in [0.25, 0.3) is 0 Å². The molecule has 23 heavy (non-hydrogen) atoms. The number of benzene rings is 1. The molecule has 1 amide bonds. The van der Waals surface area contributed by atoms with E-state index >= 15 is 0 Å². The van der Waals surface area contributed by atoms with Crippen molar-refractivity contribution in [1.82, 2.24) is 5.32 Å². The number of hydrogen-bond donors (Lipinski definition) is 2. The summed E-state index contributed by atoms with van der Waals surface area (Å²) < 4.78 is 1.33. The molecule has 1 saturated carbocycles. The third-order valence-corrected chi connectivity index (χ3v) is 5.78. The number of thiophene rings is 1. The molecule has 0 bridgehead atoms. The molecule has 3 nitrogen and oxygen atoms in total. The molecule has 0 saturated heterocycles. The number of hydrogen-bond acceptors (Lipinski definition) is 3. The lowest BCUT2D eigenvalue weighted by Crippen LogP contribution is -2.51. The van der Waals surface area contributed by atoms with Crippen LogP contribution in [0.25, 0.3) is 10.1 Å². The van der Waals surface area contributed by atoms with E-state index in [4.69, 9.17) is 5.73 Å². The third-order valence-electron chi connectivity index (χ3n) is 4.77. The molecular formula is C18H25ClN2OS. The molecule has 0 aliphatic heterocycles. The van der Waals surface area contributed by atoms with E-state index < -0.39 is 0 Å². The number of aryl methyl sites for hydroxylation is 1.